The largest absolute Gasteiger partial charge is 0.462 e. The molecule has 3 rings (SSSR count). The number of nitrogens with one attached hydrogen (secondary N) is 2. The lowest BCUT2D eigenvalue weighted by atomic mass is 9.90. The number of fused-ring (bicyclic) bond motifs is 1. The van der Waals surface area contributed by atoms with Gasteiger partial charge >= 0.3 is 5.97 Å². The molecule has 2 aromatic rings. The van der Waals surface area contributed by atoms with Crippen molar-refractivity contribution >= 4 is 28.8 Å². The standard InChI is InChI=1S/C22H24N2O3/c1-5-27-21(26)15-6-9-17(10-7-15)23-20(25)16-8-11-19-18(12-16)14(2)13-22(3,4)24-19/h6-13,24H,5H2,1-4H3,(H,23,25). The molecule has 27 heavy (non-hydrogen) atoms. The fraction of sp³-hybridized carbons (Fsp3) is 0.273. The van der Waals surface area contributed by atoms with Crippen LogP contribution in [0.1, 0.15) is 54.0 Å². The molecule has 0 bridgehead atoms. The maximum absolute atomic E-state index is 12.6. The first-order valence-corrected chi connectivity index (χ1v) is 8.99. The van der Waals surface area contributed by atoms with Gasteiger partial charge in [-0.25, -0.2) is 4.79 Å². The van der Waals surface area contributed by atoms with E-state index in [0.29, 0.717) is 23.4 Å². The first-order chi connectivity index (χ1) is 12.8. The molecule has 0 atom stereocenters. The third-order valence-corrected chi connectivity index (χ3v) is 4.39. The number of esters is 1. The number of hydrogen-bond acceptors (Lipinski definition) is 4. The van der Waals surface area contributed by atoms with Crippen molar-refractivity contribution < 1.29 is 14.3 Å². The van der Waals surface area contributed by atoms with Gasteiger partial charge in [0.25, 0.3) is 5.91 Å². The zero-order chi connectivity index (χ0) is 19.6. The van der Waals surface area contributed by atoms with E-state index in [1.807, 2.05) is 18.2 Å². The molecule has 0 aliphatic carbocycles. The van der Waals surface area contributed by atoms with E-state index in [0.717, 1.165) is 16.8 Å². The Morgan fingerprint density at radius 2 is 1.74 bits per heavy atom. The van der Waals surface area contributed by atoms with Gasteiger partial charge in [0, 0.05) is 22.5 Å². The fourth-order valence-electron chi connectivity index (χ4n) is 3.23. The van der Waals surface area contributed by atoms with Crippen molar-refractivity contribution in [3.8, 4) is 0 Å². The van der Waals surface area contributed by atoms with Gasteiger partial charge in [0.2, 0.25) is 0 Å². The molecule has 0 spiro atoms. The molecular formula is C22H24N2O3. The zero-order valence-corrected chi connectivity index (χ0v) is 16.1. The lowest BCUT2D eigenvalue weighted by Crippen LogP contribution is -2.31. The Morgan fingerprint density at radius 3 is 2.41 bits per heavy atom. The number of carbonyl (C=O) groups is 2. The Hall–Kier alpha value is -3.08. The summed E-state index contributed by atoms with van der Waals surface area (Å²) >= 11 is 0. The molecule has 0 unspecified atom stereocenters. The minimum absolute atomic E-state index is 0.110. The van der Waals surface area contributed by atoms with E-state index in [-0.39, 0.29) is 17.4 Å². The summed E-state index contributed by atoms with van der Waals surface area (Å²) in [5, 5.41) is 6.32. The normalized spacial score (nSPS) is 14.4. The highest BCUT2D eigenvalue weighted by atomic mass is 16.5. The predicted molar refractivity (Wildman–Crippen MR) is 108 cm³/mol. The monoisotopic (exact) mass is 364 g/mol. The molecule has 5 nitrogen and oxygen atoms in total. The van der Waals surface area contributed by atoms with Gasteiger partial charge in [-0.1, -0.05) is 6.08 Å². The second-order valence-corrected chi connectivity index (χ2v) is 7.19. The van der Waals surface area contributed by atoms with Crippen LogP contribution in [0.3, 0.4) is 0 Å². The van der Waals surface area contributed by atoms with E-state index in [1.54, 1.807) is 31.2 Å². The minimum atomic E-state index is -0.372. The lowest BCUT2D eigenvalue weighted by molar-refractivity contribution is 0.0526. The Bertz CT molecular complexity index is 912. The highest BCUT2D eigenvalue weighted by Crippen LogP contribution is 2.34. The number of benzene rings is 2. The summed E-state index contributed by atoms with van der Waals surface area (Å²) in [6, 6.07) is 12.3. The third-order valence-electron chi connectivity index (χ3n) is 4.39. The molecule has 0 saturated carbocycles. The van der Waals surface area contributed by atoms with Crippen LogP contribution >= 0.6 is 0 Å². The van der Waals surface area contributed by atoms with Gasteiger partial charge in [-0.3, -0.25) is 4.79 Å². The first-order valence-electron chi connectivity index (χ1n) is 8.99. The first kappa shape index (κ1) is 18.7. The SMILES string of the molecule is CCOC(=O)c1ccc(NC(=O)c2ccc3c(c2)C(C)=CC(C)(C)N3)cc1. The summed E-state index contributed by atoms with van der Waals surface area (Å²) in [6.45, 7) is 8.37. The number of amides is 1. The van der Waals surface area contributed by atoms with Gasteiger partial charge in [0.15, 0.2) is 0 Å². The van der Waals surface area contributed by atoms with Crippen LogP contribution in [0.15, 0.2) is 48.5 Å². The maximum atomic E-state index is 12.6. The van der Waals surface area contributed by atoms with Crippen LogP contribution in [0.25, 0.3) is 5.57 Å². The van der Waals surface area contributed by atoms with Crippen LogP contribution in [0.5, 0.6) is 0 Å². The van der Waals surface area contributed by atoms with Gasteiger partial charge in [-0.2, -0.15) is 0 Å². The average molecular weight is 364 g/mol. The summed E-state index contributed by atoms with van der Waals surface area (Å²) in [6.07, 6.45) is 2.16. The van der Waals surface area contributed by atoms with Crippen molar-refractivity contribution in [1.29, 1.82) is 0 Å². The number of carbonyl (C=O) groups excluding carboxylic acids is 2. The second kappa shape index (κ2) is 7.27. The highest BCUT2D eigenvalue weighted by Gasteiger charge is 2.23. The molecule has 0 fully saturated rings. The van der Waals surface area contributed by atoms with E-state index in [1.165, 1.54) is 0 Å². The molecular weight excluding hydrogens is 340 g/mol. The van der Waals surface area contributed by atoms with Crippen molar-refractivity contribution in [1.82, 2.24) is 0 Å². The zero-order valence-electron chi connectivity index (χ0n) is 16.1. The molecule has 2 aromatic carbocycles. The average Bonchev–Trinajstić information content (AvgIpc) is 2.61. The summed E-state index contributed by atoms with van der Waals surface area (Å²) < 4.78 is 4.96. The molecule has 1 heterocycles. The number of rotatable bonds is 4. The molecule has 140 valence electrons. The van der Waals surface area contributed by atoms with Crippen molar-refractivity contribution in [2.75, 3.05) is 17.2 Å². The van der Waals surface area contributed by atoms with Crippen LogP contribution in [0, 0.1) is 0 Å². The smallest absolute Gasteiger partial charge is 0.338 e. The van der Waals surface area contributed by atoms with Crippen LogP contribution in [-0.4, -0.2) is 24.0 Å². The third kappa shape index (κ3) is 4.19. The molecule has 1 aliphatic rings. The van der Waals surface area contributed by atoms with E-state index >= 15 is 0 Å². The Morgan fingerprint density at radius 1 is 1.07 bits per heavy atom. The van der Waals surface area contributed by atoms with Crippen LogP contribution in [-0.2, 0) is 4.74 Å². The molecule has 2 N–H and O–H groups in total. The van der Waals surface area contributed by atoms with Gasteiger partial charge in [-0.15, -0.1) is 0 Å². The molecule has 0 radical (unpaired) electrons. The quantitative estimate of drug-likeness (QED) is 0.770. The summed E-state index contributed by atoms with van der Waals surface area (Å²) in [4.78, 5) is 24.3. The second-order valence-electron chi connectivity index (χ2n) is 7.19. The fourth-order valence-corrected chi connectivity index (χ4v) is 3.23. The molecule has 5 heteroatoms. The Kier molecular flexibility index (Phi) is 5.04. The van der Waals surface area contributed by atoms with Crippen LogP contribution < -0.4 is 10.6 Å². The number of hydrogen-bond donors (Lipinski definition) is 2. The number of ether oxygens (including phenoxy) is 1. The van der Waals surface area contributed by atoms with E-state index in [4.69, 9.17) is 4.74 Å². The van der Waals surface area contributed by atoms with Gasteiger partial charge in [0.1, 0.15) is 0 Å². The summed E-state index contributed by atoms with van der Waals surface area (Å²) in [7, 11) is 0. The van der Waals surface area contributed by atoms with Crippen LogP contribution in [0.4, 0.5) is 11.4 Å². The van der Waals surface area contributed by atoms with Gasteiger partial charge in [-0.05, 0) is 75.7 Å². The molecule has 0 saturated heterocycles. The van der Waals surface area contributed by atoms with Crippen LogP contribution in [0.2, 0.25) is 0 Å². The number of allylic oxidation sites excluding steroid dienone is 1. The lowest BCUT2D eigenvalue weighted by Gasteiger charge is -2.31. The van der Waals surface area contributed by atoms with Crippen molar-refractivity contribution in [3.05, 3.63) is 65.2 Å². The van der Waals surface area contributed by atoms with Crippen molar-refractivity contribution in [2.45, 2.75) is 33.2 Å². The number of anilines is 2. The van der Waals surface area contributed by atoms with Gasteiger partial charge in [0.05, 0.1) is 17.7 Å². The summed E-state index contributed by atoms with van der Waals surface area (Å²) in [5.41, 5.74) is 4.74. The Balaban J connectivity index is 1.76. The minimum Gasteiger partial charge on any atom is -0.462 e. The molecule has 1 aliphatic heterocycles. The topological polar surface area (TPSA) is 67.4 Å². The van der Waals surface area contributed by atoms with Gasteiger partial charge < -0.3 is 15.4 Å². The predicted octanol–water partition coefficient (Wildman–Crippen LogP) is 4.72. The van der Waals surface area contributed by atoms with E-state index in [2.05, 4.69) is 37.5 Å². The molecule has 0 aromatic heterocycles. The highest BCUT2D eigenvalue weighted by molar-refractivity contribution is 6.05. The maximum Gasteiger partial charge on any atom is 0.338 e. The van der Waals surface area contributed by atoms with E-state index < -0.39 is 0 Å². The summed E-state index contributed by atoms with van der Waals surface area (Å²) in [5.74, 6) is -0.568. The van der Waals surface area contributed by atoms with Crippen molar-refractivity contribution in [3.63, 3.8) is 0 Å². The van der Waals surface area contributed by atoms with Crippen molar-refractivity contribution in [2.24, 2.45) is 0 Å². The molecule has 1 amide bonds. The van der Waals surface area contributed by atoms with E-state index in [9.17, 15) is 9.59 Å². The Labute approximate surface area is 159 Å².